The largest absolute Gasteiger partial charge is 0.0934 e. The summed E-state index contributed by atoms with van der Waals surface area (Å²) in [5.74, 6) is 0.295. The zero-order chi connectivity index (χ0) is 15.1. The molecular formula is C17H21N3Si. The lowest BCUT2D eigenvalue weighted by molar-refractivity contribution is 0.757. The van der Waals surface area contributed by atoms with Gasteiger partial charge in [-0.3, -0.25) is 0 Å². The molecule has 0 amide bonds. The van der Waals surface area contributed by atoms with Gasteiger partial charge in [-0.1, -0.05) is 84.1 Å². The van der Waals surface area contributed by atoms with Gasteiger partial charge in [-0.05, 0) is 23.1 Å². The van der Waals surface area contributed by atoms with Gasteiger partial charge in [-0.25, -0.2) is 0 Å². The first-order valence-corrected chi connectivity index (χ1v) is 10.5. The van der Waals surface area contributed by atoms with Crippen molar-refractivity contribution in [1.82, 2.24) is 0 Å². The van der Waals surface area contributed by atoms with E-state index in [1.807, 2.05) is 6.07 Å². The molecular weight excluding hydrogens is 274 g/mol. The molecule has 0 radical (unpaired) electrons. The van der Waals surface area contributed by atoms with Crippen molar-refractivity contribution in [3.05, 3.63) is 76.7 Å². The van der Waals surface area contributed by atoms with Crippen molar-refractivity contribution in [2.24, 2.45) is 5.11 Å². The molecule has 108 valence electrons. The number of hydrogen-bond acceptors (Lipinski definition) is 1. The number of nitrogens with zero attached hydrogens (tertiary/aromatic N) is 3. The first-order valence-electron chi connectivity index (χ1n) is 7.25. The third-order valence-corrected chi connectivity index (χ3v) is 7.36. The number of benzene rings is 2. The Balaban J connectivity index is 2.24. The van der Waals surface area contributed by atoms with E-state index >= 15 is 0 Å². The van der Waals surface area contributed by atoms with Crippen LogP contribution in [-0.2, 0) is 0 Å². The van der Waals surface area contributed by atoms with Crippen LogP contribution in [0.15, 0.2) is 65.8 Å². The van der Waals surface area contributed by atoms with Crippen LogP contribution in [0.1, 0.15) is 11.5 Å². The van der Waals surface area contributed by atoms with E-state index in [2.05, 4.69) is 77.7 Å². The van der Waals surface area contributed by atoms with Gasteiger partial charge in [0.15, 0.2) is 0 Å². The summed E-state index contributed by atoms with van der Waals surface area (Å²) in [6.07, 6.45) is 0. The van der Waals surface area contributed by atoms with Crippen molar-refractivity contribution in [3.63, 3.8) is 0 Å². The third kappa shape index (κ3) is 4.21. The summed E-state index contributed by atoms with van der Waals surface area (Å²) in [6.45, 7) is 5.30. The zero-order valence-corrected chi connectivity index (χ0v) is 13.6. The monoisotopic (exact) mass is 295 g/mol. The lowest BCUT2D eigenvalue weighted by atomic mass is 10.0. The quantitative estimate of drug-likeness (QED) is 0.321. The minimum Gasteiger partial charge on any atom is -0.0934 e. The lowest BCUT2D eigenvalue weighted by Crippen LogP contribution is -2.42. The highest BCUT2D eigenvalue weighted by atomic mass is 28.3. The molecule has 1 atom stereocenters. The van der Waals surface area contributed by atoms with Crippen molar-refractivity contribution < 1.29 is 0 Å². The molecule has 0 aliphatic heterocycles. The molecule has 0 saturated carbocycles. The molecule has 0 heterocycles. The molecule has 0 N–H and O–H groups in total. The van der Waals surface area contributed by atoms with Crippen molar-refractivity contribution in [2.45, 2.75) is 25.1 Å². The standard InChI is InChI=1S/C17H21N3Si/c1-21(2,17-11-7-4-8-12-17)14-16(13-19-20-18)15-9-5-3-6-10-15/h3-12,16H,13-14H2,1-2H3. The third-order valence-electron chi connectivity index (χ3n) is 3.95. The number of hydrogen-bond donors (Lipinski definition) is 0. The van der Waals surface area contributed by atoms with E-state index in [0.717, 1.165) is 6.04 Å². The predicted molar refractivity (Wildman–Crippen MR) is 91.6 cm³/mol. The minimum atomic E-state index is -1.56. The molecule has 0 fully saturated rings. The summed E-state index contributed by atoms with van der Waals surface area (Å²) in [5, 5.41) is 5.28. The van der Waals surface area contributed by atoms with Gasteiger partial charge in [0, 0.05) is 11.5 Å². The molecule has 3 nitrogen and oxygen atoms in total. The molecule has 2 rings (SSSR count). The van der Waals surface area contributed by atoms with Crippen molar-refractivity contribution >= 4 is 13.3 Å². The fourth-order valence-electron chi connectivity index (χ4n) is 2.77. The van der Waals surface area contributed by atoms with Crippen molar-refractivity contribution in [1.29, 1.82) is 0 Å². The average Bonchev–Trinajstić information content (AvgIpc) is 2.53. The first kappa shape index (κ1) is 15.4. The van der Waals surface area contributed by atoms with Crippen LogP contribution in [0.5, 0.6) is 0 Å². The SMILES string of the molecule is C[Si](C)(CC(CN=[N+]=[N-])c1ccccc1)c1ccccc1. The normalized spacial score (nSPS) is 12.5. The highest BCUT2D eigenvalue weighted by Crippen LogP contribution is 2.27. The van der Waals surface area contributed by atoms with Crippen LogP contribution >= 0.6 is 0 Å². The fourth-order valence-corrected chi connectivity index (χ4v) is 5.70. The minimum absolute atomic E-state index is 0.295. The van der Waals surface area contributed by atoms with Gasteiger partial charge in [0.05, 0.1) is 8.07 Å². The Morgan fingerprint density at radius 1 is 1.00 bits per heavy atom. The van der Waals surface area contributed by atoms with Crippen molar-refractivity contribution in [2.75, 3.05) is 6.54 Å². The highest BCUT2D eigenvalue weighted by Gasteiger charge is 2.27. The topological polar surface area (TPSA) is 48.8 Å². The maximum atomic E-state index is 8.65. The summed E-state index contributed by atoms with van der Waals surface area (Å²) < 4.78 is 0. The van der Waals surface area contributed by atoms with Gasteiger partial charge < -0.3 is 0 Å². The van der Waals surface area contributed by atoms with Gasteiger partial charge in [-0.2, -0.15) is 0 Å². The molecule has 4 heteroatoms. The first-order chi connectivity index (χ1) is 10.1. The summed E-state index contributed by atoms with van der Waals surface area (Å²) in [7, 11) is -1.56. The van der Waals surface area contributed by atoms with E-state index in [1.165, 1.54) is 10.8 Å². The van der Waals surface area contributed by atoms with E-state index in [4.69, 9.17) is 5.53 Å². The second-order valence-corrected chi connectivity index (χ2v) is 10.7. The lowest BCUT2D eigenvalue weighted by Gasteiger charge is -2.28. The molecule has 2 aromatic carbocycles. The summed E-state index contributed by atoms with van der Waals surface area (Å²) in [4.78, 5) is 2.94. The van der Waals surface area contributed by atoms with Gasteiger partial charge in [-0.15, -0.1) is 0 Å². The summed E-state index contributed by atoms with van der Waals surface area (Å²) in [5.41, 5.74) is 9.91. The van der Waals surface area contributed by atoms with Gasteiger partial charge in [0.1, 0.15) is 0 Å². The van der Waals surface area contributed by atoms with Crippen molar-refractivity contribution in [3.8, 4) is 0 Å². The Labute approximate surface area is 127 Å². The van der Waals surface area contributed by atoms with Gasteiger partial charge in [0.2, 0.25) is 0 Å². The smallest absolute Gasteiger partial charge is 0.0812 e. The predicted octanol–water partition coefficient (Wildman–Crippen LogP) is 4.70. The maximum Gasteiger partial charge on any atom is 0.0812 e. The second-order valence-electron chi connectivity index (χ2n) is 5.98. The van der Waals surface area contributed by atoms with E-state index in [0.29, 0.717) is 12.5 Å². The molecule has 0 spiro atoms. The zero-order valence-electron chi connectivity index (χ0n) is 12.6. The van der Waals surface area contributed by atoms with Crippen LogP contribution in [0.25, 0.3) is 10.4 Å². The van der Waals surface area contributed by atoms with Gasteiger partial charge in [0.25, 0.3) is 0 Å². The van der Waals surface area contributed by atoms with E-state index in [-0.39, 0.29) is 0 Å². The van der Waals surface area contributed by atoms with Crippen LogP contribution in [0.3, 0.4) is 0 Å². The Morgan fingerprint density at radius 2 is 1.57 bits per heavy atom. The molecule has 0 bridgehead atoms. The van der Waals surface area contributed by atoms with Crippen LogP contribution in [0.4, 0.5) is 0 Å². The Hall–Kier alpha value is -2.03. The number of rotatable bonds is 6. The fraction of sp³-hybridized carbons (Fsp3) is 0.294. The van der Waals surface area contributed by atoms with E-state index in [9.17, 15) is 0 Å². The average molecular weight is 295 g/mol. The van der Waals surface area contributed by atoms with Gasteiger partial charge >= 0.3 is 0 Å². The van der Waals surface area contributed by atoms with E-state index < -0.39 is 8.07 Å². The highest BCUT2D eigenvalue weighted by molar-refractivity contribution is 6.89. The molecule has 2 aromatic rings. The Bertz CT molecular complexity index is 604. The molecule has 0 aromatic heterocycles. The summed E-state index contributed by atoms with van der Waals surface area (Å²) >= 11 is 0. The Morgan fingerprint density at radius 3 is 2.14 bits per heavy atom. The van der Waals surface area contributed by atoms with Crippen LogP contribution in [0, 0.1) is 0 Å². The van der Waals surface area contributed by atoms with Crippen LogP contribution < -0.4 is 5.19 Å². The maximum absolute atomic E-state index is 8.65. The van der Waals surface area contributed by atoms with E-state index in [1.54, 1.807) is 0 Å². The van der Waals surface area contributed by atoms with Crippen LogP contribution in [-0.4, -0.2) is 14.6 Å². The molecule has 1 unspecified atom stereocenters. The Kier molecular flexibility index (Phi) is 5.20. The molecule has 0 aliphatic carbocycles. The molecule has 21 heavy (non-hydrogen) atoms. The summed E-state index contributed by atoms with van der Waals surface area (Å²) in [6, 6.07) is 22.2. The number of azide groups is 1. The molecule has 0 saturated heterocycles. The molecule has 0 aliphatic rings. The second kappa shape index (κ2) is 7.11. The van der Waals surface area contributed by atoms with Crippen LogP contribution in [0.2, 0.25) is 19.1 Å².